The second-order valence-electron chi connectivity index (χ2n) is 3.83. The van der Waals surface area contributed by atoms with E-state index in [2.05, 4.69) is 10.2 Å². The average Bonchev–Trinajstić information content (AvgIpc) is 2.88. The zero-order chi connectivity index (χ0) is 13.7. The third kappa shape index (κ3) is 3.80. The van der Waals surface area contributed by atoms with E-state index < -0.39 is 12.0 Å². The molecular weight excluding hydrogens is 266 g/mol. The number of benzene rings is 1. The normalized spacial score (nSPS) is 12.3. The number of nitrogens with two attached hydrogens (primary N) is 1. The van der Waals surface area contributed by atoms with Crippen LogP contribution in [0.25, 0.3) is 11.5 Å². The minimum Gasteiger partial charge on any atom is -0.480 e. The molecule has 0 radical (unpaired) electrons. The van der Waals surface area contributed by atoms with Gasteiger partial charge in [-0.25, -0.2) is 0 Å². The summed E-state index contributed by atoms with van der Waals surface area (Å²) < 4.78 is 5.48. The van der Waals surface area contributed by atoms with Crippen LogP contribution >= 0.6 is 11.8 Å². The topological polar surface area (TPSA) is 102 Å². The smallest absolute Gasteiger partial charge is 0.321 e. The maximum absolute atomic E-state index is 10.5. The molecule has 0 aliphatic rings. The molecule has 0 saturated heterocycles. The van der Waals surface area contributed by atoms with E-state index in [9.17, 15) is 4.79 Å². The summed E-state index contributed by atoms with van der Waals surface area (Å²) in [5, 5.41) is 16.5. The fraction of sp³-hybridized carbons (Fsp3) is 0.250. The van der Waals surface area contributed by atoms with Gasteiger partial charge in [0.15, 0.2) is 0 Å². The first-order valence-electron chi connectivity index (χ1n) is 5.61. The Labute approximate surface area is 114 Å². The van der Waals surface area contributed by atoms with Gasteiger partial charge in [-0.05, 0) is 12.1 Å². The van der Waals surface area contributed by atoms with Crippen LogP contribution in [0.4, 0.5) is 0 Å². The number of aromatic nitrogens is 2. The molecule has 0 aliphatic heterocycles. The molecule has 6 nitrogen and oxygen atoms in total. The van der Waals surface area contributed by atoms with E-state index >= 15 is 0 Å². The zero-order valence-corrected chi connectivity index (χ0v) is 10.8. The minimum absolute atomic E-state index is 0.304. The van der Waals surface area contributed by atoms with Gasteiger partial charge in [0.25, 0.3) is 0 Å². The maximum Gasteiger partial charge on any atom is 0.321 e. The number of nitrogens with zero attached hydrogens (tertiary/aromatic N) is 2. The lowest BCUT2D eigenvalue weighted by Crippen LogP contribution is -2.32. The second-order valence-corrected chi connectivity index (χ2v) is 4.86. The molecule has 1 aromatic heterocycles. The van der Waals surface area contributed by atoms with Crippen molar-refractivity contribution < 1.29 is 14.3 Å². The van der Waals surface area contributed by atoms with Gasteiger partial charge in [-0.1, -0.05) is 18.2 Å². The molecule has 0 bridgehead atoms. The quantitative estimate of drug-likeness (QED) is 0.823. The highest BCUT2D eigenvalue weighted by atomic mass is 32.2. The number of carboxylic acid groups (broad SMARTS) is 1. The van der Waals surface area contributed by atoms with Crippen LogP contribution < -0.4 is 5.73 Å². The average molecular weight is 279 g/mol. The molecule has 1 heterocycles. The molecule has 3 N–H and O–H groups in total. The van der Waals surface area contributed by atoms with Gasteiger partial charge < -0.3 is 15.3 Å². The molecule has 1 aromatic carbocycles. The molecule has 0 amide bonds. The number of aliphatic carboxylic acids is 1. The van der Waals surface area contributed by atoms with Crippen molar-refractivity contribution in [3.05, 3.63) is 36.2 Å². The molecule has 1 unspecified atom stereocenters. The number of hydrogen-bond acceptors (Lipinski definition) is 6. The Morgan fingerprint density at radius 2 is 2.11 bits per heavy atom. The third-order valence-corrected chi connectivity index (χ3v) is 3.37. The fourth-order valence-corrected chi connectivity index (χ4v) is 2.16. The third-order valence-electron chi connectivity index (χ3n) is 2.33. The van der Waals surface area contributed by atoms with Crippen LogP contribution in [-0.4, -0.2) is 33.1 Å². The van der Waals surface area contributed by atoms with Crippen molar-refractivity contribution in [1.29, 1.82) is 0 Å². The standard InChI is InChI=1S/C12H13N3O3S/c13-9(12(16)17)6-19-7-10-14-15-11(18-10)8-4-2-1-3-5-8/h1-5,9H,6-7,13H2,(H,16,17). The molecular formula is C12H13N3O3S. The molecule has 2 aromatic rings. The Morgan fingerprint density at radius 3 is 2.79 bits per heavy atom. The van der Waals surface area contributed by atoms with Gasteiger partial charge in [-0.2, -0.15) is 0 Å². The van der Waals surface area contributed by atoms with Crippen LogP contribution in [0, 0.1) is 0 Å². The van der Waals surface area contributed by atoms with Crippen LogP contribution in [-0.2, 0) is 10.5 Å². The lowest BCUT2D eigenvalue weighted by molar-refractivity contribution is -0.137. The summed E-state index contributed by atoms with van der Waals surface area (Å²) >= 11 is 1.35. The largest absolute Gasteiger partial charge is 0.480 e. The van der Waals surface area contributed by atoms with Crippen molar-refractivity contribution in [2.75, 3.05) is 5.75 Å². The van der Waals surface area contributed by atoms with E-state index in [4.69, 9.17) is 15.3 Å². The van der Waals surface area contributed by atoms with Gasteiger partial charge in [0.05, 0.1) is 5.75 Å². The molecule has 0 fully saturated rings. The predicted octanol–water partition coefficient (Wildman–Crippen LogP) is 1.38. The molecule has 1 atom stereocenters. The van der Waals surface area contributed by atoms with E-state index in [1.54, 1.807) is 0 Å². The van der Waals surface area contributed by atoms with E-state index in [1.165, 1.54) is 11.8 Å². The number of rotatable bonds is 6. The molecule has 100 valence electrons. The number of carbonyl (C=O) groups is 1. The Bertz CT molecular complexity index is 544. The Hall–Kier alpha value is -1.86. The van der Waals surface area contributed by atoms with Crippen molar-refractivity contribution in [1.82, 2.24) is 10.2 Å². The van der Waals surface area contributed by atoms with Crippen molar-refractivity contribution in [3.8, 4) is 11.5 Å². The summed E-state index contributed by atoms with van der Waals surface area (Å²) in [4.78, 5) is 10.5. The zero-order valence-electron chi connectivity index (χ0n) is 10.0. The molecule has 0 aliphatic carbocycles. The number of carboxylic acids is 1. The summed E-state index contributed by atoms with van der Waals surface area (Å²) in [6.07, 6.45) is 0. The highest BCUT2D eigenvalue weighted by Gasteiger charge is 2.13. The molecule has 19 heavy (non-hydrogen) atoms. The van der Waals surface area contributed by atoms with E-state index in [-0.39, 0.29) is 0 Å². The first-order chi connectivity index (χ1) is 9.16. The lowest BCUT2D eigenvalue weighted by atomic mass is 10.2. The first-order valence-corrected chi connectivity index (χ1v) is 6.76. The molecule has 7 heteroatoms. The maximum atomic E-state index is 10.5. The first kappa shape index (κ1) is 13.6. The Kier molecular flexibility index (Phi) is 4.53. The van der Waals surface area contributed by atoms with E-state index in [1.807, 2.05) is 30.3 Å². The monoisotopic (exact) mass is 279 g/mol. The number of hydrogen-bond donors (Lipinski definition) is 2. The Balaban J connectivity index is 1.90. The van der Waals surface area contributed by atoms with Gasteiger partial charge in [0, 0.05) is 11.3 Å². The van der Waals surface area contributed by atoms with Gasteiger partial charge in [-0.15, -0.1) is 22.0 Å². The van der Waals surface area contributed by atoms with Crippen LogP contribution in [0.2, 0.25) is 0 Å². The van der Waals surface area contributed by atoms with Crippen LogP contribution in [0.3, 0.4) is 0 Å². The van der Waals surface area contributed by atoms with E-state index in [0.29, 0.717) is 23.3 Å². The SMILES string of the molecule is NC(CSCc1nnc(-c2ccccc2)o1)C(=O)O. The van der Waals surface area contributed by atoms with Crippen molar-refractivity contribution in [3.63, 3.8) is 0 Å². The predicted molar refractivity (Wildman–Crippen MR) is 71.5 cm³/mol. The molecule has 0 spiro atoms. The highest BCUT2D eigenvalue weighted by molar-refractivity contribution is 7.98. The van der Waals surface area contributed by atoms with Crippen molar-refractivity contribution in [2.24, 2.45) is 5.73 Å². The van der Waals surface area contributed by atoms with Crippen LogP contribution in [0.5, 0.6) is 0 Å². The van der Waals surface area contributed by atoms with Gasteiger partial charge in [0.2, 0.25) is 11.8 Å². The highest BCUT2D eigenvalue weighted by Crippen LogP contribution is 2.19. The van der Waals surface area contributed by atoms with E-state index in [0.717, 1.165) is 5.56 Å². The summed E-state index contributed by atoms with van der Waals surface area (Å²) in [5.74, 6) is 0.655. The number of thioether (sulfide) groups is 1. The fourth-order valence-electron chi connectivity index (χ4n) is 1.35. The molecule has 2 rings (SSSR count). The summed E-state index contributed by atoms with van der Waals surface area (Å²) in [5.41, 5.74) is 6.24. The van der Waals surface area contributed by atoms with Gasteiger partial charge in [0.1, 0.15) is 6.04 Å². The lowest BCUT2D eigenvalue weighted by Gasteiger charge is -2.03. The summed E-state index contributed by atoms with van der Waals surface area (Å²) in [7, 11) is 0. The Morgan fingerprint density at radius 1 is 1.37 bits per heavy atom. The van der Waals surface area contributed by atoms with Gasteiger partial charge in [-0.3, -0.25) is 4.79 Å². The minimum atomic E-state index is -1.01. The summed E-state index contributed by atoms with van der Waals surface area (Å²) in [6, 6.07) is 8.57. The second kappa shape index (κ2) is 6.35. The van der Waals surface area contributed by atoms with Gasteiger partial charge >= 0.3 is 5.97 Å². The van der Waals surface area contributed by atoms with Crippen molar-refractivity contribution >= 4 is 17.7 Å². The van der Waals surface area contributed by atoms with Crippen molar-refractivity contribution in [2.45, 2.75) is 11.8 Å². The summed E-state index contributed by atoms with van der Waals surface area (Å²) in [6.45, 7) is 0. The van der Waals surface area contributed by atoms with Crippen LogP contribution in [0.1, 0.15) is 5.89 Å². The molecule has 0 saturated carbocycles. The van der Waals surface area contributed by atoms with Crippen LogP contribution in [0.15, 0.2) is 34.7 Å².